The van der Waals surface area contributed by atoms with Crippen LogP contribution >= 0.6 is 23.2 Å². The molecule has 0 spiro atoms. The van der Waals surface area contributed by atoms with Crippen LogP contribution in [0.3, 0.4) is 0 Å². The molecule has 2 aromatic heterocycles. The summed E-state index contributed by atoms with van der Waals surface area (Å²) in [6, 6.07) is 3.63. The number of rotatable bonds is 2. The van der Waals surface area contributed by atoms with Crippen molar-refractivity contribution in [3.63, 3.8) is 0 Å². The summed E-state index contributed by atoms with van der Waals surface area (Å²) in [5.74, 6) is 0.0222. The fraction of sp³-hybridized carbons (Fsp3) is 0.435. The second-order valence-corrected chi connectivity index (χ2v) is 9.49. The maximum atomic E-state index is 13.6. The van der Waals surface area contributed by atoms with Gasteiger partial charge in [0.05, 0.1) is 18.3 Å². The first-order chi connectivity index (χ1) is 15.3. The third-order valence-corrected chi connectivity index (χ3v) is 7.07. The van der Waals surface area contributed by atoms with Crippen LogP contribution < -0.4 is 5.73 Å². The molecule has 4 atom stereocenters. The average Bonchev–Trinajstić information content (AvgIpc) is 3.12. The van der Waals surface area contributed by atoms with E-state index in [-0.39, 0.29) is 30.0 Å². The first-order valence-electron chi connectivity index (χ1n) is 10.8. The van der Waals surface area contributed by atoms with Crippen molar-refractivity contribution in [3.05, 3.63) is 51.3 Å². The second kappa shape index (κ2) is 8.21. The van der Waals surface area contributed by atoms with Gasteiger partial charge in [-0.05, 0) is 62.3 Å². The van der Waals surface area contributed by atoms with Crippen molar-refractivity contribution in [1.82, 2.24) is 14.9 Å². The predicted octanol–water partition coefficient (Wildman–Crippen LogP) is 4.91. The number of aromatic nitrogens is 2. The van der Waals surface area contributed by atoms with Crippen molar-refractivity contribution >= 4 is 46.2 Å². The van der Waals surface area contributed by atoms with Crippen LogP contribution in [-0.2, 0) is 16.0 Å². The van der Waals surface area contributed by atoms with Crippen LogP contribution in [0.25, 0.3) is 11.1 Å². The Hall–Kier alpha value is -2.35. The van der Waals surface area contributed by atoms with E-state index in [4.69, 9.17) is 38.1 Å². The summed E-state index contributed by atoms with van der Waals surface area (Å²) in [6.07, 6.45) is 4.76. The van der Waals surface area contributed by atoms with Crippen LogP contribution in [0.1, 0.15) is 55.3 Å². The number of amides is 1. The number of ether oxygens (including phenoxy) is 1. The molecule has 5 rings (SSSR count). The van der Waals surface area contributed by atoms with E-state index in [9.17, 15) is 4.79 Å². The summed E-state index contributed by atoms with van der Waals surface area (Å²) >= 11 is 12.7. The fourth-order valence-corrected chi connectivity index (χ4v) is 5.82. The molecule has 0 aliphatic carbocycles. The third-order valence-electron chi connectivity index (χ3n) is 6.54. The van der Waals surface area contributed by atoms with Crippen LogP contribution in [0.15, 0.2) is 28.9 Å². The number of carbonyl (C=O) groups is 1. The van der Waals surface area contributed by atoms with Gasteiger partial charge >= 0.3 is 0 Å². The highest BCUT2D eigenvalue weighted by Gasteiger charge is 2.39. The summed E-state index contributed by atoms with van der Waals surface area (Å²) in [5.41, 5.74) is 9.97. The lowest BCUT2D eigenvalue weighted by atomic mass is 9.85. The number of carbonyl (C=O) groups excluding carboxylic acids is 1. The van der Waals surface area contributed by atoms with Gasteiger partial charge < -0.3 is 19.8 Å². The number of pyridine rings is 1. The van der Waals surface area contributed by atoms with Crippen LogP contribution in [0.2, 0.25) is 10.0 Å². The molecule has 7 nitrogen and oxygen atoms in total. The van der Waals surface area contributed by atoms with Gasteiger partial charge in [-0.3, -0.25) is 9.78 Å². The zero-order valence-corrected chi connectivity index (χ0v) is 19.4. The lowest BCUT2D eigenvalue weighted by molar-refractivity contribution is -0.155. The molecule has 1 saturated heterocycles. The van der Waals surface area contributed by atoms with Crippen LogP contribution in [0.4, 0.5) is 6.01 Å². The Morgan fingerprint density at radius 2 is 2.03 bits per heavy atom. The number of anilines is 1. The molecule has 1 fully saturated rings. The third kappa shape index (κ3) is 3.72. The first-order valence-corrected chi connectivity index (χ1v) is 11.5. The molecule has 1 amide bonds. The molecule has 0 radical (unpaired) electrons. The number of halogens is 2. The number of hydrogen-bond acceptors (Lipinski definition) is 6. The standard InChI is InChI=1S/C23H24Cl2N4O3/c1-11-5-14(16-9-27-10-18-21(16)32-23(26)28-18)7-19(31-11)22(30)29-4-3-13-6-15(24)8-17(25)20(13)12(29)2/h6,8-12,14,19H,3-5,7H2,1-2H3,(H2,26,28)/t11-,12+,14+,19-/m1/s1. The quantitative estimate of drug-likeness (QED) is 0.566. The zero-order chi connectivity index (χ0) is 22.6. The van der Waals surface area contributed by atoms with Gasteiger partial charge in [-0.1, -0.05) is 23.2 Å². The van der Waals surface area contributed by atoms with Crippen molar-refractivity contribution in [3.8, 4) is 0 Å². The Labute approximate surface area is 195 Å². The van der Waals surface area contributed by atoms with Crippen molar-refractivity contribution in [2.45, 2.75) is 57.3 Å². The molecule has 2 aliphatic heterocycles. The Morgan fingerprint density at radius 1 is 1.22 bits per heavy atom. The number of benzene rings is 1. The molecular formula is C23H24Cl2N4O3. The molecule has 2 aliphatic rings. The monoisotopic (exact) mass is 474 g/mol. The number of nitrogens with zero attached hydrogens (tertiary/aromatic N) is 3. The molecule has 3 aromatic rings. The van der Waals surface area contributed by atoms with Gasteiger partial charge in [-0.25, -0.2) is 0 Å². The molecule has 4 heterocycles. The van der Waals surface area contributed by atoms with Crippen molar-refractivity contribution in [1.29, 1.82) is 0 Å². The summed E-state index contributed by atoms with van der Waals surface area (Å²) < 4.78 is 11.8. The number of nitrogens with two attached hydrogens (primary N) is 1. The maximum Gasteiger partial charge on any atom is 0.293 e. The Morgan fingerprint density at radius 3 is 2.84 bits per heavy atom. The van der Waals surface area contributed by atoms with Crippen LogP contribution in [0.5, 0.6) is 0 Å². The second-order valence-electron chi connectivity index (χ2n) is 8.65. The van der Waals surface area contributed by atoms with E-state index in [1.165, 1.54) is 0 Å². The lowest BCUT2D eigenvalue weighted by Crippen LogP contribution is -2.48. The fourth-order valence-electron chi connectivity index (χ4n) is 5.13. The number of nitrogen functional groups attached to an aromatic ring is 1. The minimum absolute atomic E-state index is 0.0251. The minimum Gasteiger partial charge on any atom is -0.423 e. The Bertz CT molecular complexity index is 1200. The van der Waals surface area contributed by atoms with E-state index in [0.29, 0.717) is 40.5 Å². The molecule has 1 aromatic carbocycles. The van der Waals surface area contributed by atoms with Crippen LogP contribution in [-0.4, -0.2) is 39.5 Å². The summed E-state index contributed by atoms with van der Waals surface area (Å²) in [7, 11) is 0. The maximum absolute atomic E-state index is 13.6. The van der Waals surface area contributed by atoms with Gasteiger partial charge in [0.25, 0.3) is 11.9 Å². The van der Waals surface area contributed by atoms with E-state index in [1.54, 1.807) is 18.5 Å². The van der Waals surface area contributed by atoms with Crippen molar-refractivity contribution in [2.75, 3.05) is 12.3 Å². The van der Waals surface area contributed by atoms with Crippen molar-refractivity contribution < 1.29 is 13.9 Å². The summed E-state index contributed by atoms with van der Waals surface area (Å²) in [5, 5.41) is 1.21. The number of hydrogen-bond donors (Lipinski definition) is 1. The van der Waals surface area contributed by atoms with Gasteiger partial charge in [0, 0.05) is 28.4 Å². The van der Waals surface area contributed by atoms with E-state index in [0.717, 1.165) is 23.1 Å². The first kappa shape index (κ1) is 21.5. The predicted molar refractivity (Wildman–Crippen MR) is 123 cm³/mol. The Kier molecular flexibility index (Phi) is 5.51. The number of fused-ring (bicyclic) bond motifs is 2. The van der Waals surface area contributed by atoms with E-state index < -0.39 is 6.10 Å². The van der Waals surface area contributed by atoms with Crippen LogP contribution in [0, 0.1) is 0 Å². The Balaban J connectivity index is 1.41. The average molecular weight is 475 g/mol. The van der Waals surface area contributed by atoms with E-state index in [1.807, 2.05) is 24.8 Å². The molecule has 0 saturated carbocycles. The minimum atomic E-state index is -0.561. The zero-order valence-electron chi connectivity index (χ0n) is 17.8. The molecule has 32 heavy (non-hydrogen) atoms. The molecule has 9 heteroatoms. The van der Waals surface area contributed by atoms with Gasteiger partial charge in [0.1, 0.15) is 11.6 Å². The highest BCUT2D eigenvalue weighted by atomic mass is 35.5. The van der Waals surface area contributed by atoms with Gasteiger partial charge in [0.2, 0.25) is 0 Å². The molecule has 0 bridgehead atoms. The largest absolute Gasteiger partial charge is 0.423 e. The SMILES string of the molecule is C[C@@H]1C[C@H](c2cncc3nc(N)oc23)C[C@H](C(=O)N2CCc3cc(Cl)cc(Cl)c3[C@@H]2C)O1. The van der Waals surface area contributed by atoms with Gasteiger partial charge in [-0.15, -0.1) is 0 Å². The lowest BCUT2D eigenvalue weighted by Gasteiger charge is -2.40. The van der Waals surface area contributed by atoms with Crippen molar-refractivity contribution in [2.24, 2.45) is 0 Å². The summed E-state index contributed by atoms with van der Waals surface area (Å²) in [6.45, 7) is 4.59. The number of oxazole rings is 1. The molecule has 168 valence electrons. The topological polar surface area (TPSA) is 94.5 Å². The highest BCUT2D eigenvalue weighted by Crippen LogP contribution is 2.40. The summed E-state index contributed by atoms with van der Waals surface area (Å²) in [4.78, 5) is 24.0. The molecule has 2 N–H and O–H groups in total. The van der Waals surface area contributed by atoms with Gasteiger partial charge in [-0.2, -0.15) is 4.98 Å². The van der Waals surface area contributed by atoms with Gasteiger partial charge in [0.15, 0.2) is 5.58 Å². The molecular weight excluding hydrogens is 451 g/mol. The highest BCUT2D eigenvalue weighted by molar-refractivity contribution is 6.35. The normalized spacial score (nSPS) is 25.7. The molecule has 0 unspecified atom stereocenters. The van der Waals surface area contributed by atoms with E-state index in [2.05, 4.69) is 9.97 Å². The van der Waals surface area contributed by atoms with E-state index >= 15 is 0 Å². The smallest absolute Gasteiger partial charge is 0.293 e.